The average molecular weight is 290 g/mol. The van der Waals surface area contributed by atoms with Gasteiger partial charge in [-0.3, -0.25) is 0 Å². The molecule has 0 saturated heterocycles. The standard InChI is InChI=1S/C11H10BrClO2/c1-2-15-11(14)7-6-8-9(12)4-3-5-10(8)13/h3-7H,2H2,1H3. The maximum atomic E-state index is 11.1. The van der Waals surface area contributed by atoms with Crippen LogP contribution in [0.25, 0.3) is 6.08 Å². The molecule has 1 aromatic carbocycles. The van der Waals surface area contributed by atoms with Crippen LogP contribution in [0, 0.1) is 0 Å². The van der Waals surface area contributed by atoms with E-state index in [2.05, 4.69) is 15.9 Å². The van der Waals surface area contributed by atoms with Gasteiger partial charge < -0.3 is 4.74 Å². The van der Waals surface area contributed by atoms with Crippen molar-refractivity contribution in [3.63, 3.8) is 0 Å². The molecule has 0 heterocycles. The zero-order valence-electron chi connectivity index (χ0n) is 8.17. The van der Waals surface area contributed by atoms with Gasteiger partial charge in [-0.15, -0.1) is 0 Å². The van der Waals surface area contributed by atoms with Crippen molar-refractivity contribution < 1.29 is 9.53 Å². The number of carbonyl (C=O) groups excluding carboxylic acids is 1. The molecule has 1 rings (SSSR count). The summed E-state index contributed by atoms with van der Waals surface area (Å²) in [5, 5.41) is 0.588. The van der Waals surface area contributed by atoms with Crippen molar-refractivity contribution in [1.29, 1.82) is 0 Å². The summed E-state index contributed by atoms with van der Waals surface area (Å²) in [6.07, 6.45) is 2.99. The Hall–Kier alpha value is -0.800. The predicted molar refractivity (Wildman–Crippen MR) is 64.8 cm³/mol. The Kier molecular flexibility index (Phi) is 4.85. The first kappa shape index (κ1) is 12.3. The molecule has 0 bridgehead atoms. The molecular weight excluding hydrogens is 279 g/mol. The van der Waals surface area contributed by atoms with E-state index in [4.69, 9.17) is 16.3 Å². The summed E-state index contributed by atoms with van der Waals surface area (Å²) in [6.45, 7) is 2.13. The number of benzene rings is 1. The zero-order chi connectivity index (χ0) is 11.3. The van der Waals surface area contributed by atoms with Crippen molar-refractivity contribution in [1.82, 2.24) is 0 Å². The normalized spacial score (nSPS) is 10.6. The van der Waals surface area contributed by atoms with Gasteiger partial charge in [0.15, 0.2) is 0 Å². The molecule has 0 fully saturated rings. The molecule has 80 valence electrons. The lowest BCUT2D eigenvalue weighted by Gasteiger charge is -2.00. The molecule has 0 spiro atoms. The van der Waals surface area contributed by atoms with E-state index in [1.807, 2.05) is 12.1 Å². The molecule has 0 unspecified atom stereocenters. The number of rotatable bonds is 3. The number of carbonyl (C=O) groups is 1. The monoisotopic (exact) mass is 288 g/mol. The third kappa shape index (κ3) is 3.68. The van der Waals surface area contributed by atoms with E-state index in [-0.39, 0.29) is 5.97 Å². The van der Waals surface area contributed by atoms with Gasteiger partial charge in [-0.2, -0.15) is 0 Å². The average Bonchev–Trinajstić information content (AvgIpc) is 2.17. The second kappa shape index (κ2) is 5.93. The minimum atomic E-state index is -0.371. The first-order chi connectivity index (χ1) is 7.15. The van der Waals surface area contributed by atoms with E-state index < -0.39 is 0 Å². The Morgan fingerprint density at radius 2 is 2.33 bits per heavy atom. The highest BCUT2D eigenvalue weighted by molar-refractivity contribution is 9.10. The van der Waals surface area contributed by atoms with Crippen LogP contribution in [-0.4, -0.2) is 12.6 Å². The number of ether oxygens (including phenoxy) is 1. The van der Waals surface area contributed by atoms with Gasteiger partial charge in [0.2, 0.25) is 0 Å². The molecule has 15 heavy (non-hydrogen) atoms. The Morgan fingerprint density at radius 3 is 2.93 bits per heavy atom. The molecule has 0 N–H and O–H groups in total. The third-order valence-electron chi connectivity index (χ3n) is 1.67. The van der Waals surface area contributed by atoms with Crippen LogP contribution < -0.4 is 0 Å². The van der Waals surface area contributed by atoms with Gasteiger partial charge >= 0.3 is 5.97 Å². The summed E-state index contributed by atoms with van der Waals surface area (Å²) in [4.78, 5) is 11.1. The van der Waals surface area contributed by atoms with Crippen molar-refractivity contribution in [3.05, 3.63) is 39.3 Å². The summed E-state index contributed by atoms with van der Waals surface area (Å²) in [6, 6.07) is 5.45. The molecule has 0 aliphatic carbocycles. The molecule has 0 aromatic heterocycles. The van der Waals surface area contributed by atoms with Crippen molar-refractivity contribution in [2.45, 2.75) is 6.92 Å². The lowest BCUT2D eigenvalue weighted by molar-refractivity contribution is -0.137. The first-order valence-corrected chi connectivity index (χ1v) is 5.61. The first-order valence-electron chi connectivity index (χ1n) is 4.44. The van der Waals surface area contributed by atoms with Crippen LogP contribution in [0.4, 0.5) is 0 Å². The van der Waals surface area contributed by atoms with Crippen LogP contribution in [0.15, 0.2) is 28.7 Å². The van der Waals surface area contributed by atoms with E-state index in [1.54, 1.807) is 19.1 Å². The minimum absolute atomic E-state index is 0.368. The largest absolute Gasteiger partial charge is 0.463 e. The summed E-state index contributed by atoms with van der Waals surface area (Å²) in [5.74, 6) is -0.371. The summed E-state index contributed by atoms with van der Waals surface area (Å²) < 4.78 is 5.60. The summed E-state index contributed by atoms with van der Waals surface area (Å²) in [5.41, 5.74) is 0.771. The summed E-state index contributed by atoms with van der Waals surface area (Å²) in [7, 11) is 0. The lowest BCUT2D eigenvalue weighted by atomic mass is 10.2. The van der Waals surface area contributed by atoms with Gasteiger partial charge in [0.25, 0.3) is 0 Å². The highest BCUT2D eigenvalue weighted by Crippen LogP contribution is 2.25. The maximum Gasteiger partial charge on any atom is 0.330 e. The van der Waals surface area contributed by atoms with Gasteiger partial charge in [-0.1, -0.05) is 33.6 Å². The predicted octanol–water partition coefficient (Wildman–Crippen LogP) is 3.68. The molecule has 4 heteroatoms. The molecule has 0 saturated carbocycles. The number of hydrogen-bond acceptors (Lipinski definition) is 2. The Balaban J connectivity index is 2.84. The molecule has 0 aliphatic rings. The van der Waals surface area contributed by atoms with Gasteiger partial charge in [-0.05, 0) is 25.1 Å². The SMILES string of the molecule is CCOC(=O)C=Cc1c(Cl)cccc1Br. The summed E-state index contributed by atoms with van der Waals surface area (Å²) >= 11 is 9.31. The van der Waals surface area contributed by atoms with Crippen LogP contribution in [0.2, 0.25) is 5.02 Å². The molecule has 2 nitrogen and oxygen atoms in total. The van der Waals surface area contributed by atoms with E-state index in [1.165, 1.54) is 6.08 Å². The second-order valence-corrected chi connectivity index (χ2v) is 3.98. The molecule has 0 atom stereocenters. The van der Waals surface area contributed by atoms with Crippen LogP contribution in [0.3, 0.4) is 0 Å². The topological polar surface area (TPSA) is 26.3 Å². The molecule has 0 radical (unpaired) electrons. The molecular formula is C11H10BrClO2. The Labute approximate surface area is 102 Å². The van der Waals surface area contributed by atoms with Crippen LogP contribution in [0.1, 0.15) is 12.5 Å². The number of halogens is 2. The second-order valence-electron chi connectivity index (χ2n) is 2.72. The third-order valence-corrected chi connectivity index (χ3v) is 2.69. The van der Waals surface area contributed by atoms with Gasteiger partial charge in [-0.25, -0.2) is 4.79 Å². The van der Waals surface area contributed by atoms with E-state index in [0.717, 1.165) is 10.0 Å². The van der Waals surface area contributed by atoms with Crippen molar-refractivity contribution in [2.24, 2.45) is 0 Å². The smallest absolute Gasteiger partial charge is 0.330 e. The van der Waals surface area contributed by atoms with E-state index in [0.29, 0.717) is 11.6 Å². The van der Waals surface area contributed by atoms with Crippen molar-refractivity contribution in [2.75, 3.05) is 6.61 Å². The van der Waals surface area contributed by atoms with Gasteiger partial charge in [0, 0.05) is 21.1 Å². The highest BCUT2D eigenvalue weighted by atomic mass is 79.9. The van der Waals surface area contributed by atoms with Gasteiger partial charge in [0.05, 0.1) is 6.61 Å². The van der Waals surface area contributed by atoms with Gasteiger partial charge in [0.1, 0.15) is 0 Å². The maximum absolute atomic E-state index is 11.1. The molecule has 1 aromatic rings. The Bertz CT molecular complexity index is 368. The zero-order valence-corrected chi connectivity index (χ0v) is 10.5. The fourth-order valence-corrected chi connectivity index (χ4v) is 1.86. The van der Waals surface area contributed by atoms with Crippen molar-refractivity contribution >= 4 is 39.6 Å². The molecule has 0 amide bonds. The van der Waals surface area contributed by atoms with Crippen molar-refractivity contribution in [3.8, 4) is 0 Å². The fraction of sp³-hybridized carbons (Fsp3) is 0.182. The minimum Gasteiger partial charge on any atom is -0.463 e. The number of esters is 1. The van der Waals surface area contributed by atoms with Crippen LogP contribution >= 0.6 is 27.5 Å². The highest BCUT2D eigenvalue weighted by Gasteiger charge is 2.02. The fourth-order valence-electron chi connectivity index (χ4n) is 1.01. The van der Waals surface area contributed by atoms with Crippen LogP contribution in [0.5, 0.6) is 0 Å². The molecule has 0 aliphatic heterocycles. The quantitative estimate of drug-likeness (QED) is 0.627. The number of hydrogen-bond donors (Lipinski definition) is 0. The van der Waals surface area contributed by atoms with E-state index >= 15 is 0 Å². The van der Waals surface area contributed by atoms with E-state index in [9.17, 15) is 4.79 Å². The Morgan fingerprint density at radius 1 is 1.60 bits per heavy atom. The lowest BCUT2D eigenvalue weighted by Crippen LogP contribution is -1.98. The van der Waals surface area contributed by atoms with Crippen LogP contribution in [-0.2, 0) is 9.53 Å².